The first kappa shape index (κ1) is 16.6. The molecule has 6 heteroatoms. The molecule has 6 nitrogen and oxygen atoms in total. The van der Waals surface area contributed by atoms with Crippen LogP contribution < -0.4 is 10.5 Å². The van der Waals surface area contributed by atoms with Crippen LogP contribution in [0, 0.1) is 11.3 Å². The molecule has 0 bridgehead atoms. The van der Waals surface area contributed by atoms with E-state index < -0.39 is 0 Å². The van der Waals surface area contributed by atoms with Gasteiger partial charge in [0.2, 0.25) is 0 Å². The Bertz CT molecular complexity index is 1000. The summed E-state index contributed by atoms with van der Waals surface area (Å²) in [5.74, 6) is 1.77. The first-order valence-electron chi connectivity index (χ1n) is 9.00. The zero-order valence-corrected chi connectivity index (χ0v) is 15.3. The van der Waals surface area contributed by atoms with E-state index in [4.69, 9.17) is 15.9 Å². The zero-order chi connectivity index (χ0) is 18.4. The number of fused-ring (bicyclic) bond motifs is 2. The molecule has 1 unspecified atom stereocenters. The molecular weight excluding hydrogens is 326 g/mol. The fraction of sp³-hybridized carbons (Fsp3) is 0.350. The Morgan fingerprint density at radius 2 is 2.15 bits per heavy atom. The van der Waals surface area contributed by atoms with Gasteiger partial charge in [0.05, 0.1) is 5.39 Å². The van der Waals surface area contributed by atoms with Gasteiger partial charge in [0.25, 0.3) is 0 Å². The van der Waals surface area contributed by atoms with Crippen LogP contribution in [0.2, 0.25) is 0 Å². The predicted molar refractivity (Wildman–Crippen MR) is 104 cm³/mol. The maximum absolute atomic E-state index is 8.02. The average Bonchev–Trinajstić information content (AvgIpc) is 3.02. The van der Waals surface area contributed by atoms with E-state index in [0.717, 1.165) is 46.3 Å². The lowest BCUT2D eigenvalue weighted by molar-refractivity contribution is 0.433. The van der Waals surface area contributed by atoms with Gasteiger partial charge in [-0.15, -0.1) is 0 Å². The molecule has 3 N–H and O–H groups in total. The Morgan fingerprint density at radius 3 is 2.88 bits per heavy atom. The van der Waals surface area contributed by atoms with E-state index in [1.807, 2.05) is 12.1 Å². The van der Waals surface area contributed by atoms with E-state index in [1.54, 1.807) is 0 Å². The van der Waals surface area contributed by atoms with Crippen molar-refractivity contribution < 1.29 is 4.74 Å². The maximum atomic E-state index is 8.02. The zero-order valence-electron chi connectivity index (χ0n) is 15.3. The van der Waals surface area contributed by atoms with Crippen molar-refractivity contribution in [2.45, 2.75) is 39.7 Å². The summed E-state index contributed by atoms with van der Waals surface area (Å²) in [6.07, 6.45) is 5.34. The summed E-state index contributed by atoms with van der Waals surface area (Å²) in [4.78, 5) is 8.64. The molecule has 0 radical (unpaired) electrons. The summed E-state index contributed by atoms with van der Waals surface area (Å²) >= 11 is 0. The van der Waals surface area contributed by atoms with Crippen LogP contribution in [0.3, 0.4) is 0 Å². The molecule has 0 saturated heterocycles. The number of hydrogen-bond donors (Lipinski definition) is 2. The van der Waals surface area contributed by atoms with Crippen LogP contribution in [0.5, 0.6) is 5.75 Å². The largest absolute Gasteiger partial charge is 0.443 e. The number of benzene rings is 1. The van der Waals surface area contributed by atoms with Crippen LogP contribution in [-0.4, -0.2) is 20.4 Å². The van der Waals surface area contributed by atoms with Gasteiger partial charge in [0.1, 0.15) is 23.5 Å². The Morgan fingerprint density at radius 1 is 1.35 bits per heavy atom. The van der Waals surface area contributed by atoms with Crippen molar-refractivity contribution in [3.63, 3.8) is 0 Å². The highest BCUT2D eigenvalue weighted by molar-refractivity contribution is 6.01. The van der Waals surface area contributed by atoms with Gasteiger partial charge in [-0.1, -0.05) is 13.0 Å². The molecule has 0 fully saturated rings. The first-order valence-corrected chi connectivity index (χ1v) is 9.00. The van der Waals surface area contributed by atoms with Gasteiger partial charge in [-0.05, 0) is 49.9 Å². The van der Waals surface area contributed by atoms with E-state index in [0.29, 0.717) is 11.7 Å². The van der Waals surface area contributed by atoms with Crippen molar-refractivity contribution in [3.05, 3.63) is 36.3 Å². The molecule has 0 amide bonds. The van der Waals surface area contributed by atoms with Gasteiger partial charge in [0.15, 0.2) is 5.90 Å². The molecule has 0 spiro atoms. The number of rotatable bonds is 3. The number of aromatic nitrogens is 3. The van der Waals surface area contributed by atoms with Crippen LogP contribution in [0.25, 0.3) is 22.2 Å². The monoisotopic (exact) mass is 349 g/mol. The molecule has 0 aliphatic carbocycles. The highest BCUT2D eigenvalue weighted by atomic mass is 16.5. The van der Waals surface area contributed by atoms with Crippen molar-refractivity contribution in [3.8, 4) is 16.9 Å². The molecule has 1 atom stereocenters. The topological polar surface area (TPSA) is 89.8 Å². The van der Waals surface area contributed by atoms with E-state index >= 15 is 0 Å². The third-order valence-corrected chi connectivity index (χ3v) is 5.12. The predicted octanol–water partition coefficient (Wildman–Crippen LogP) is 4.20. The number of nitrogen functional groups attached to an aromatic ring is 1. The number of nitrogens with two attached hydrogens (primary N) is 1. The van der Waals surface area contributed by atoms with Gasteiger partial charge in [0, 0.05) is 23.7 Å². The summed E-state index contributed by atoms with van der Waals surface area (Å²) in [5, 5.41) is 8.91. The summed E-state index contributed by atoms with van der Waals surface area (Å²) < 4.78 is 7.84. The second-order valence-electron chi connectivity index (χ2n) is 7.10. The lowest BCUT2D eigenvalue weighted by Gasteiger charge is -2.25. The molecule has 26 heavy (non-hydrogen) atoms. The standard InChI is InChI=1S/C20H23N5O/c1-4-12-7-14-8-13(5-6-16(14)26-19(12)22)15-9-25(11(2)3)20-17(15)18(21)23-10-24-20/h5-6,8-12,22H,4,7H2,1-3H3,(H2,21,23,24). The minimum atomic E-state index is 0.142. The molecule has 4 rings (SSSR count). The lowest BCUT2D eigenvalue weighted by atomic mass is 9.91. The van der Waals surface area contributed by atoms with E-state index in [2.05, 4.69) is 47.6 Å². The highest BCUT2D eigenvalue weighted by Gasteiger charge is 2.25. The molecule has 3 heterocycles. The van der Waals surface area contributed by atoms with Crippen molar-refractivity contribution in [2.24, 2.45) is 5.92 Å². The number of nitrogens with one attached hydrogen (secondary N) is 1. The van der Waals surface area contributed by atoms with Crippen molar-refractivity contribution in [1.82, 2.24) is 14.5 Å². The Kier molecular flexibility index (Phi) is 3.90. The summed E-state index contributed by atoms with van der Waals surface area (Å²) in [7, 11) is 0. The van der Waals surface area contributed by atoms with Gasteiger partial charge in [-0.3, -0.25) is 5.41 Å². The van der Waals surface area contributed by atoms with Crippen molar-refractivity contribution >= 4 is 22.7 Å². The second-order valence-corrected chi connectivity index (χ2v) is 7.10. The normalized spacial score (nSPS) is 16.8. The van der Waals surface area contributed by atoms with E-state index in [-0.39, 0.29) is 12.0 Å². The minimum absolute atomic E-state index is 0.142. The quantitative estimate of drug-likeness (QED) is 0.741. The highest BCUT2D eigenvalue weighted by Crippen LogP contribution is 2.38. The Balaban J connectivity index is 1.88. The fourth-order valence-corrected chi connectivity index (χ4v) is 3.62. The third kappa shape index (κ3) is 2.53. The van der Waals surface area contributed by atoms with Crippen LogP contribution in [0.15, 0.2) is 30.7 Å². The summed E-state index contributed by atoms with van der Waals surface area (Å²) in [6.45, 7) is 6.34. The maximum Gasteiger partial charge on any atom is 0.190 e. The SMILES string of the molecule is CCC1Cc2cc(-c3cn(C(C)C)c4ncnc(N)c34)ccc2OC1=N. The van der Waals surface area contributed by atoms with Crippen molar-refractivity contribution in [2.75, 3.05) is 5.73 Å². The van der Waals surface area contributed by atoms with Crippen LogP contribution in [0.1, 0.15) is 38.8 Å². The molecule has 3 aromatic rings. The number of anilines is 1. The fourth-order valence-electron chi connectivity index (χ4n) is 3.62. The molecule has 0 saturated carbocycles. The van der Waals surface area contributed by atoms with Gasteiger partial charge in [-0.2, -0.15) is 0 Å². The van der Waals surface area contributed by atoms with Crippen molar-refractivity contribution in [1.29, 1.82) is 5.41 Å². The van der Waals surface area contributed by atoms with E-state index in [9.17, 15) is 0 Å². The van der Waals surface area contributed by atoms with E-state index in [1.165, 1.54) is 6.33 Å². The number of hydrogen-bond acceptors (Lipinski definition) is 5. The molecular formula is C20H23N5O. The average molecular weight is 349 g/mol. The first-order chi connectivity index (χ1) is 12.5. The second kappa shape index (κ2) is 6.12. The third-order valence-electron chi connectivity index (χ3n) is 5.12. The Labute approximate surface area is 152 Å². The lowest BCUT2D eigenvalue weighted by Crippen LogP contribution is -2.26. The molecule has 2 aromatic heterocycles. The van der Waals surface area contributed by atoms with Gasteiger partial charge >= 0.3 is 0 Å². The summed E-state index contributed by atoms with van der Waals surface area (Å²) in [6, 6.07) is 6.39. The van der Waals surface area contributed by atoms with Gasteiger partial charge < -0.3 is 15.0 Å². The molecule has 134 valence electrons. The van der Waals surface area contributed by atoms with Crippen LogP contribution >= 0.6 is 0 Å². The summed E-state index contributed by atoms with van der Waals surface area (Å²) in [5.41, 5.74) is 10.3. The van der Waals surface area contributed by atoms with Crippen LogP contribution in [-0.2, 0) is 6.42 Å². The molecule has 1 aliphatic heterocycles. The number of ether oxygens (including phenoxy) is 1. The number of nitrogens with zero attached hydrogens (tertiary/aromatic N) is 3. The molecule has 1 aromatic carbocycles. The minimum Gasteiger partial charge on any atom is -0.443 e. The molecule has 1 aliphatic rings. The van der Waals surface area contributed by atoms with Crippen LogP contribution in [0.4, 0.5) is 5.82 Å². The Hall–Kier alpha value is -2.89. The smallest absolute Gasteiger partial charge is 0.190 e. The van der Waals surface area contributed by atoms with Gasteiger partial charge in [-0.25, -0.2) is 9.97 Å².